The Morgan fingerprint density at radius 3 is 2.37 bits per heavy atom. The molecule has 0 unspecified atom stereocenters. The van der Waals surface area contributed by atoms with Gasteiger partial charge in [0.05, 0.1) is 17.9 Å². The van der Waals surface area contributed by atoms with Crippen LogP contribution in [-0.4, -0.2) is 40.9 Å². The molecule has 35 heavy (non-hydrogen) atoms. The van der Waals surface area contributed by atoms with Crippen molar-refractivity contribution in [3.8, 4) is 28.3 Å². The van der Waals surface area contributed by atoms with Crippen molar-refractivity contribution in [3.05, 3.63) is 97.0 Å². The Hall–Kier alpha value is -4.66. The van der Waals surface area contributed by atoms with Gasteiger partial charge in [0.15, 0.2) is 0 Å². The van der Waals surface area contributed by atoms with Crippen LogP contribution in [0.1, 0.15) is 18.4 Å². The highest BCUT2D eigenvalue weighted by molar-refractivity contribution is 5.76. The number of aryl methyl sites for hydroxylation is 1. The largest absolute Gasteiger partial charge is 0.352 e. The standard InChI is InChI=1S/C26H24N8O/c35-24(12-7-17-34-31-26(29-32-34)21-8-3-1-4-9-21)28-18-22-19-33(23-10-5-2-6-11-23)30-25(22)20-13-15-27-16-14-20/h1-6,8-11,13-16,19H,7,12,17-18H2,(H,28,35). The molecule has 5 rings (SSSR count). The van der Waals surface area contributed by atoms with E-state index in [-0.39, 0.29) is 5.91 Å². The van der Waals surface area contributed by atoms with Gasteiger partial charge >= 0.3 is 0 Å². The second kappa shape index (κ2) is 10.5. The molecule has 2 aromatic carbocycles. The van der Waals surface area contributed by atoms with Gasteiger partial charge in [-0.25, -0.2) is 4.68 Å². The van der Waals surface area contributed by atoms with Crippen LogP contribution in [0.15, 0.2) is 91.4 Å². The molecule has 0 saturated carbocycles. The van der Waals surface area contributed by atoms with E-state index in [2.05, 4.69) is 25.7 Å². The van der Waals surface area contributed by atoms with Crippen molar-refractivity contribution in [1.29, 1.82) is 0 Å². The lowest BCUT2D eigenvalue weighted by atomic mass is 10.1. The van der Waals surface area contributed by atoms with E-state index in [1.54, 1.807) is 12.4 Å². The van der Waals surface area contributed by atoms with E-state index in [1.165, 1.54) is 4.80 Å². The molecule has 0 fully saturated rings. The van der Waals surface area contributed by atoms with Gasteiger partial charge in [0.1, 0.15) is 0 Å². The van der Waals surface area contributed by atoms with Crippen molar-refractivity contribution in [2.75, 3.05) is 0 Å². The van der Waals surface area contributed by atoms with E-state index in [4.69, 9.17) is 5.10 Å². The second-order valence-electron chi connectivity index (χ2n) is 7.97. The van der Waals surface area contributed by atoms with Crippen LogP contribution in [-0.2, 0) is 17.9 Å². The summed E-state index contributed by atoms with van der Waals surface area (Å²) < 4.78 is 1.83. The number of nitrogens with zero attached hydrogens (tertiary/aromatic N) is 7. The van der Waals surface area contributed by atoms with Crippen molar-refractivity contribution in [3.63, 3.8) is 0 Å². The smallest absolute Gasteiger partial charge is 0.220 e. The van der Waals surface area contributed by atoms with Crippen LogP contribution in [0.25, 0.3) is 28.3 Å². The molecule has 5 aromatic rings. The van der Waals surface area contributed by atoms with Crippen LogP contribution in [0.4, 0.5) is 0 Å². The molecule has 3 aromatic heterocycles. The highest BCUT2D eigenvalue weighted by atomic mass is 16.1. The minimum atomic E-state index is -0.0402. The molecule has 0 aliphatic rings. The molecule has 0 bridgehead atoms. The number of rotatable bonds is 9. The maximum atomic E-state index is 12.5. The Bertz CT molecular complexity index is 1380. The van der Waals surface area contributed by atoms with Gasteiger partial charge in [-0.1, -0.05) is 48.5 Å². The van der Waals surface area contributed by atoms with Crippen LogP contribution in [0.2, 0.25) is 0 Å². The fourth-order valence-corrected chi connectivity index (χ4v) is 3.71. The van der Waals surface area contributed by atoms with Crippen LogP contribution >= 0.6 is 0 Å². The number of tetrazole rings is 1. The summed E-state index contributed by atoms with van der Waals surface area (Å²) in [5.74, 6) is 0.538. The third-order valence-corrected chi connectivity index (χ3v) is 5.49. The van der Waals surface area contributed by atoms with Crippen molar-refractivity contribution in [1.82, 2.24) is 40.3 Å². The number of carbonyl (C=O) groups is 1. The van der Waals surface area contributed by atoms with Crippen LogP contribution in [0.3, 0.4) is 0 Å². The number of nitrogens with one attached hydrogen (secondary N) is 1. The number of hydrogen-bond acceptors (Lipinski definition) is 6. The second-order valence-corrected chi connectivity index (χ2v) is 7.97. The number of carbonyl (C=O) groups excluding carboxylic acids is 1. The Morgan fingerprint density at radius 2 is 1.60 bits per heavy atom. The van der Waals surface area contributed by atoms with Crippen LogP contribution in [0.5, 0.6) is 0 Å². The summed E-state index contributed by atoms with van der Waals surface area (Å²) in [5.41, 5.74) is 4.56. The van der Waals surface area contributed by atoms with E-state index >= 15 is 0 Å². The summed E-state index contributed by atoms with van der Waals surface area (Å²) in [6.45, 7) is 0.893. The molecule has 0 radical (unpaired) electrons. The predicted octanol–water partition coefficient (Wildman–Crippen LogP) is 3.68. The van der Waals surface area contributed by atoms with Gasteiger partial charge in [0.25, 0.3) is 0 Å². The Morgan fingerprint density at radius 1 is 0.857 bits per heavy atom. The molecule has 0 aliphatic carbocycles. The number of para-hydroxylation sites is 1. The topological polar surface area (TPSA) is 103 Å². The molecule has 9 nitrogen and oxygen atoms in total. The average molecular weight is 465 g/mol. The third kappa shape index (κ3) is 5.47. The molecular formula is C26H24N8O. The zero-order valence-corrected chi connectivity index (χ0v) is 19.0. The quantitative estimate of drug-likeness (QED) is 0.357. The van der Waals surface area contributed by atoms with Gasteiger partial charge in [-0.15, -0.1) is 10.2 Å². The third-order valence-electron chi connectivity index (χ3n) is 5.49. The molecule has 0 saturated heterocycles. The molecule has 3 heterocycles. The summed E-state index contributed by atoms with van der Waals surface area (Å²) in [7, 11) is 0. The maximum absolute atomic E-state index is 12.5. The summed E-state index contributed by atoms with van der Waals surface area (Å²) in [6, 6.07) is 23.4. The average Bonchev–Trinajstić information content (AvgIpc) is 3.57. The summed E-state index contributed by atoms with van der Waals surface area (Å²) in [5, 5.41) is 20.4. The number of benzene rings is 2. The molecule has 1 amide bonds. The van der Waals surface area contributed by atoms with Crippen molar-refractivity contribution in [2.24, 2.45) is 0 Å². The van der Waals surface area contributed by atoms with E-state index < -0.39 is 0 Å². The number of hydrogen-bond donors (Lipinski definition) is 1. The fourth-order valence-electron chi connectivity index (χ4n) is 3.71. The highest BCUT2D eigenvalue weighted by Crippen LogP contribution is 2.23. The number of amides is 1. The SMILES string of the molecule is O=C(CCCn1nnc(-c2ccccc2)n1)NCc1cn(-c2ccccc2)nc1-c1ccncc1. The molecule has 0 atom stereocenters. The first-order valence-electron chi connectivity index (χ1n) is 11.4. The van der Waals surface area contributed by atoms with Crippen molar-refractivity contribution in [2.45, 2.75) is 25.9 Å². The van der Waals surface area contributed by atoms with Crippen molar-refractivity contribution < 1.29 is 4.79 Å². The van der Waals surface area contributed by atoms with Gasteiger partial charge in [-0.05, 0) is 35.9 Å². The van der Waals surface area contributed by atoms with Gasteiger partial charge in [-0.3, -0.25) is 9.78 Å². The van der Waals surface area contributed by atoms with E-state index in [0.717, 1.165) is 28.1 Å². The van der Waals surface area contributed by atoms with Gasteiger partial charge < -0.3 is 5.32 Å². The molecule has 9 heteroatoms. The summed E-state index contributed by atoms with van der Waals surface area (Å²) >= 11 is 0. The molecule has 174 valence electrons. The minimum Gasteiger partial charge on any atom is -0.352 e. The number of pyridine rings is 1. The zero-order chi connectivity index (χ0) is 23.9. The van der Waals surface area contributed by atoms with E-state index in [0.29, 0.717) is 31.8 Å². The van der Waals surface area contributed by atoms with Gasteiger partial charge in [0.2, 0.25) is 11.7 Å². The van der Waals surface area contributed by atoms with E-state index in [1.807, 2.05) is 83.7 Å². The Balaban J connectivity index is 1.19. The summed E-state index contributed by atoms with van der Waals surface area (Å²) in [6.07, 6.45) is 6.40. The lowest BCUT2D eigenvalue weighted by Gasteiger charge is -2.05. The maximum Gasteiger partial charge on any atom is 0.220 e. The first kappa shape index (κ1) is 22.1. The predicted molar refractivity (Wildman–Crippen MR) is 131 cm³/mol. The minimum absolute atomic E-state index is 0.0402. The van der Waals surface area contributed by atoms with E-state index in [9.17, 15) is 4.79 Å². The Kier molecular flexibility index (Phi) is 6.65. The molecular weight excluding hydrogens is 440 g/mol. The first-order chi connectivity index (χ1) is 17.3. The lowest BCUT2D eigenvalue weighted by Crippen LogP contribution is -2.23. The molecule has 1 N–H and O–H groups in total. The van der Waals surface area contributed by atoms with Gasteiger partial charge in [-0.2, -0.15) is 9.90 Å². The Labute approximate surface area is 202 Å². The molecule has 0 spiro atoms. The van der Waals surface area contributed by atoms with Crippen LogP contribution < -0.4 is 5.32 Å². The molecule has 0 aliphatic heterocycles. The first-order valence-corrected chi connectivity index (χ1v) is 11.4. The summed E-state index contributed by atoms with van der Waals surface area (Å²) in [4.78, 5) is 18.2. The lowest BCUT2D eigenvalue weighted by molar-refractivity contribution is -0.121. The van der Waals surface area contributed by atoms with Gasteiger partial charge in [0, 0.05) is 48.2 Å². The fraction of sp³-hybridized carbons (Fsp3) is 0.154. The van der Waals surface area contributed by atoms with Crippen molar-refractivity contribution >= 4 is 5.91 Å². The van der Waals surface area contributed by atoms with Crippen LogP contribution in [0, 0.1) is 0 Å². The normalized spacial score (nSPS) is 10.9. The zero-order valence-electron chi connectivity index (χ0n) is 19.0. The number of aromatic nitrogens is 7. The monoisotopic (exact) mass is 464 g/mol. The highest BCUT2D eigenvalue weighted by Gasteiger charge is 2.14.